The van der Waals surface area contributed by atoms with Gasteiger partial charge in [-0.15, -0.1) is 0 Å². The molecule has 1 atom stereocenters. The number of halogens is 1. The highest BCUT2D eigenvalue weighted by Crippen LogP contribution is 2.30. The Hall–Kier alpha value is -3.76. The predicted molar refractivity (Wildman–Crippen MR) is 130 cm³/mol. The van der Waals surface area contributed by atoms with Crippen LogP contribution < -0.4 is 10.1 Å². The van der Waals surface area contributed by atoms with Crippen molar-refractivity contribution in [1.29, 1.82) is 0 Å². The van der Waals surface area contributed by atoms with Gasteiger partial charge in [0.1, 0.15) is 29.8 Å². The lowest BCUT2D eigenvalue weighted by Gasteiger charge is -2.22. The molecule has 1 saturated heterocycles. The largest absolute Gasteiger partial charge is 0.487 e. The molecule has 5 rings (SSSR count). The highest BCUT2D eigenvalue weighted by molar-refractivity contribution is 7.89. The minimum absolute atomic E-state index is 0.197. The van der Waals surface area contributed by atoms with Gasteiger partial charge in [-0.3, -0.25) is 9.78 Å². The van der Waals surface area contributed by atoms with Gasteiger partial charge in [-0.05, 0) is 60.9 Å². The molecular weight excluding hydrogens is 485 g/mol. The van der Waals surface area contributed by atoms with Crippen LogP contribution in [0.5, 0.6) is 5.75 Å². The lowest BCUT2D eigenvalue weighted by atomic mass is 10.2. The number of furan rings is 1. The Morgan fingerprint density at radius 3 is 2.86 bits per heavy atom. The average molecular weight is 510 g/mol. The zero-order chi connectivity index (χ0) is 25.1. The number of sulfonamides is 1. The molecule has 0 spiro atoms. The summed E-state index contributed by atoms with van der Waals surface area (Å²) in [6, 6.07) is 17.1. The van der Waals surface area contributed by atoms with Crippen molar-refractivity contribution in [2.24, 2.45) is 0 Å². The summed E-state index contributed by atoms with van der Waals surface area (Å²) in [7, 11) is -4.07. The normalized spacial score (nSPS) is 16.3. The van der Waals surface area contributed by atoms with Crippen molar-refractivity contribution in [2.75, 3.05) is 6.54 Å². The number of benzene rings is 2. The van der Waals surface area contributed by atoms with E-state index in [-0.39, 0.29) is 23.8 Å². The highest BCUT2D eigenvalue weighted by Gasteiger charge is 2.41. The molecule has 10 heteroatoms. The minimum atomic E-state index is -4.07. The van der Waals surface area contributed by atoms with Gasteiger partial charge in [0.2, 0.25) is 11.0 Å². The van der Waals surface area contributed by atoms with E-state index in [0.29, 0.717) is 30.6 Å². The summed E-state index contributed by atoms with van der Waals surface area (Å²) in [5.41, 5.74) is 1.88. The van der Waals surface area contributed by atoms with Crippen LogP contribution in [0.3, 0.4) is 0 Å². The van der Waals surface area contributed by atoms with Crippen molar-refractivity contribution in [3.05, 3.63) is 90.0 Å². The van der Waals surface area contributed by atoms with Crippen LogP contribution in [0.2, 0.25) is 0 Å². The molecule has 0 bridgehead atoms. The van der Waals surface area contributed by atoms with Crippen molar-refractivity contribution in [1.82, 2.24) is 14.6 Å². The predicted octanol–water partition coefficient (Wildman–Crippen LogP) is 4.02. The van der Waals surface area contributed by atoms with E-state index in [1.165, 1.54) is 24.3 Å². The molecule has 8 nitrogen and oxygen atoms in total. The van der Waals surface area contributed by atoms with E-state index >= 15 is 0 Å². The van der Waals surface area contributed by atoms with E-state index in [9.17, 15) is 17.6 Å². The van der Waals surface area contributed by atoms with Crippen LogP contribution in [0.1, 0.15) is 24.1 Å². The fraction of sp³-hybridized carbons (Fsp3) is 0.231. The summed E-state index contributed by atoms with van der Waals surface area (Å²) >= 11 is 0. The number of hydrogen-bond acceptors (Lipinski definition) is 6. The fourth-order valence-corrected chi connectivity index (χ4v) is 5.82. The number of ether oxygens (including phenoxy) is 1. The Balaban J connectivity index is 1.24. The first kappa shape index (κ1) is 24.0. The van der Waals surface area contributed by atoms with Crippen LogP contribution in [0.25, 0.3) is 11.0 Å². The number of carbonyl (C=O) groups is 1. The summed E-state index contributed by atoms with van der Waals surface area (Å²) in [4.78, 5) is 17.2. The SMILES string of the molecule is O=C(NCc1cccc(OCc2ccccn2)c1)[C@@H]1CCCN1S(=O)(=O)c1cc2cc(F)ccc2o1. The van der Waals surface area contributed by atoms with Gasteiger partial charge < -0.3 is 14.5 Å². The maximum absolute atomic E-state index is 13.5. The van der Waals surface area contributed by atoms with Crippen LogP contribution in [0.4, 0.5) is 4.39 Å². The molecule has 1 amide bonds. The van der Waals surface area contributed by atoms with Crippen LogP contribution in [-0.2, 0) is 28.0 Å². The smallest absolute Gasteiger partial charge is 0.277 e. The number of nitrogens with zero attached hydrogens (tertiary/aromatic N) is 2. The molecule has 1 N–H and O–H groups in total. The molecule has 0 unspecified atom stereocenters. The summed E-state index contributed by atoms with van der Waals surface area (Å²) in [5, 5.41) is 2.88. The number of fused-ring (bicyclic) bond motifs is 1. The number of carbonyl (C=O) groups excluding carboxylic acids is 1. The Morgan fingerprint density at radius 2 is 2.03 bits per heavy atom. The lowest BCUT2D eigenvalue weighted by molar-refractivity contribution is -0.124. The van der Waals surface area contributed by atoms with E-state index in [1.54, 1.807) is 6.20 Å². The highest BCUT2D eigenvalue weighted by atomic mass is 32.2. The van der Waals surface area contributed by atoms with Gasteiger partial charge in [0.25, 0.3) is 10.0 Å². The molecule has 1 aliphatic rings. The monoisotopic (exact) mass is 509 g/mol. The third-order valence-corrected chi connectivity index (χ3v) is 7.77. The molecule has 0 saturated carbocycles. The first-order valence-corrected chi connectivity index (χ1v) is 12.9. The number of hydrogen-bond donors (Lipinski definition) is 1. The summed E-state index contributed by atoms with van der Waals surface area (Å²) in [6.45, 7) is 0.733. The van der Waals surface area contributed by atoms with E-state index < -0.39 is 27.8 Å². The second-order valence-electron chi connectivity index (χ2n) is 8.50. The third-order valence-electron chi connectivity index (χ3n) is 6.00. The van der Waals surface area contributed by atoms with Crippen molar-refractivity contribution in [2.45, 2.75) is 37.1 Å². The van der Waals surface area contributed by atoms with E-state index in [4.69, 9.17) is 9.15 Å². The Bertz CT molecular complexity index is 1490. The van der Waals surface area contributed by atoms with Crippen molar-refractivity contribution in [3.63, 3.8) is 0 Å². The fourth-order valence-electron chi connectivity index (χ4n) is 4.22. The Labute approximate surface area is 207 Å². The first-order chi connectivity index (χ1) is 17.4. The van der Waals surface area contributed by atoms with E-state index in [0.717, 1.165) is 15.6 Å². The van der Waals surface area contributed by atoms with Crippen molar-refractivity contribution in [3.8, 4) is 5.75 Å². The molecule has 0 aliphatic carbocycles. The molecule has 36 heavy (non-hydrogen) atoms. The molecule has 1 fully saturated rings. The number of nitrogens with one attached hydrogen (secondary N) is 1. The van der Waals surface area contributed by atoms with Crippen LogP contribution in [0.15, 0.2) is 82.4 Å². The Kier molecular flexibility index (Phi) is 6.71. The molecule has 2 aromatic heterocycles. The second kappa shape index (κ2) is 10.1. The number of pyridine rings is 1. The van der Waals surface area contributed by atoms with Gasteiger partial charge in [0.05, 0.1) is 5.69 Å². The average Bonchev–Trinajstić information content (AvgIpc) is 3.55. The summed E-state index contributed by atoms with van der Waals surface area (Å²) in [6.07, 6.45) is 2.64. The molecule has 3 heterocycles. The maximum atomic E-state index is 13.5. The molecule has 1 aliphatic heterocycles. The van der Waals surface area contributed by atoms with Crippen LogP contribution in [0, 0.1) is 5.82 Å². The van der Waals surface area contributed by atoms with E-state index in [1.807, 2.05) is 42.5 Å². The Morgan fingerprint density at radius 1 is 1.14 bits per heavy atom. The molecule has 186 valence electrons. The van der Waals surface area contributed by atoms with Gasteiger partial charge >= 0.3 is 0 Å². The zero-order valence-corrected chi connectivity index (χ0v) is 20.1. The van der Waals surface area contributed by atoms with Crippen molar-refractivity contribution >= 4 is 26.9 Å². The number of amides is 1. The van der Waals surface area contributed by atoms with Gasteiger partial charge in [-0.2, -0.15) is 4.31 Å². The van der Waals surface area contributed by atoms with Gasteiger partial charge in [0.15, 0.2) is 0 Å². The minimum Gasteiger partial charge on any atom is -0.487 e. The standard InChI is InChI=1S/C26H24FN3O5S/c27-20-9-10-24-19(14-20)15-25(35-24)36(32,33)30-12-4-8-23(30)26(31)29-16-18-5-3-7-22(13-18)34-17-21-6-1-2-11-28-21/h1-3,5-7,9-11,13-15,23H,4,8,12,16-17H2,(H,29,31)/t23-/m0/s1. The van der Waals surface area contributed by atoms with Gasteiger partial charge in [-0.1, -0.05) is 18.2 Å². The molecule has 2 aromatic carbocycles. The number of rotatable bonds is 8. The maximum Gasteiger partial charge on any atom is 0.277 e. The lowest BCUT2D eigenvalue weighted by Crippen LogP contribution is -2.45. The third kappa shape index (κ3) is 5.09. The summed E-state index contributed by atoms with van der Waals surface area (Å²) < 4.78 is 52.4. The molecular formula is C26H24FN3O5S. The van der Waals surface area contributed by atoms with Gasteiger partial charge in [0, 0.05) is 30.7 Å². The quantitative estimate of drug-likeness (QED) is 0.385. The number of aromatic nitrogens is 1. The first-order valence-electron chi connectivity index (χ1n) is 11.5. The van der Waals surface area contributed by atoms with Crippen LogP contribution >= 0.6 is 0 Å². The molecule has 4 aromatic rings. The van der Waals surface area contributed by atoms with Crippen LogP contribution in [-0.4, -0.2) is 36.2 Å². The van der Waals surface area contributed by atoms with Gasteiger partial charge in [-0.25, -0.2) is 12.8 Å². The van der Waals surface area contributed by atoms with Crippen molar-refractivity contribution < 1.29 is 26.8 Å². The topological polar surface area (TPSA) is 102 Å². The summed E-state index contributed by atoms with van der Waals surface area (Å²) in [5.74, 6) is -0.242. The zero-order valence-electron chi connectivity index (χ0n) is 19.3. The molecule has 0 radical (unpaired) electrons. The second-order valence-corrected chi connectivity index (χ2v) is 10.3. The van der Waals surface area contributed by atoms with E-state index in [2.05, 4.69) is 10.3 Å².